The first-order valence-corrected chi connectivity index (χ1v) is 9.24. The lowest BCUT2D eigenvalue weighted by Crippen LogP contribution is -2.23. The van der Waals surface area contributed by atoms with Gasteiger partial charge in [-0.3, -0.25) is 4.79 Å². The third kappa shape index (κ3) is 3.50. The summed E-state index contributed by atoms with van der Waals surface area (Å²) in [5.74, 6) is 1.05. The summed E-state index contributed by atoms with van der Waals surface area (Å²) in [6.45, 7) is 4.29. The maximum absolute atomic E-state index is 12.6. The first kappa shape index (κ1) is 17.5. The predicted molar refractivity (Wildman–Crippen MR) is 101 cm³/mol. The fraction of sp³-hybridized carbons (Fsp3) is 0.318. The van der Waals surface area contributed by atoms with Crippen molar-refractivity contribution in [3.8, 4) is 11.4 Å². The molecule has 138 valence electrons. The second-order valence-corrected chi connectivity index (χ2v) is 7.31. The number of carbonyl (C=O) groups is 1. The molecule has 1 aromatic heterocycles. The van der Waals surface area contributed by atoms with Crippen molar-refractivity contribution in [2.24, 2.45) is 0 Å². The molecule has 0 N–H and O–H groups in total. The van der Waals surface area contributed by atoms with Crippen LogP contribution in [0.2, 0.25) is 0 Å². The summed E-state index contributed by atoms with van der Waals surface area (Å²) in [7, 11) is 0. The predicted octanol–water partition coefficient (Wildman–Crippen LogP) is 4.64. The molecule has 0 amide bonds. The molecule has 0 aliphatic heterocycles. The van der Waals surface area contributed by atoms with E-state index in [1.807, 2.05) is 42.5 Å². The molecule has 0 atom stereocenters. The van der Waals surface area contributed by atoms with Crippen LogP contribution in [0.25, 0.3) is 11.4 Å². The van der Waals surface area contributed by atoms with Gasteiger partial charge in [0.25, 0.3) is 5.89 Å². The van der Waals surface area contributed by atoms with Gasteiger partial charge < -0.3 is 9.26 Å². The third-order valence-electron chi connectivity index (χ3n) is 5.10. The summed E-state index contributed by atoms with van der Waals surface area (Å²) in [6.07, 6.45) is 1.63. The fourth-order valence-electron chi connectivity index (χ4n) is 3.21. The summed E-state index contributed by atoms with van der Waals surface area (Å²) < 4.78 is 10.7. The Morgan fingerprint density at radius 2 is 1.81 bits per heavy atom. The van der Waals surface area contributed by atoms with Crippen LogP contribution in [-0.4, -0.2) is 16.1 Å². The van der Waals surface area contributed by atoms with E-state index in [9.17, 15) is 4.79 Å². The van der Waals surface area contributed by atoms with Crippen molar-refractivity contribution < 1.29 is 14.1 Å². The Bertz CT molecular complexity index is 926. The molecule has 0 spiro atoms. The van der Waals surface area contributed by atoms with Gasteiger partial charge in [-0.2, -0.15) is 4.98 Å². The Morgan fingerprint density at radius 3 is 2.44 bits per heavy atom. The quantitative estimate of drug-likeness (QED) is 0.598. The zero-order chi connectivity index (χ0) is 18.9. The molecule has 1 saturated carbocycles. The molecule has 1 heterocycles. The van der Waals surface area contributed by atoms with E-state index in [1.165, 1.54) is 5.56 Å². The van der Waals surface area contributed by atoms with E-state index in [2.05, 4.69) is 36.1 Å². The highest BCUT2D eigenvalue weighted by atomic mass is 16.6. The van der Waals surface area contributed by atoms with Crippen molar-refractivity contribution in [2.45, 2.75) is 44.6 Å². The Labute approximate surface area is 158 Å². The van der Waals surface area contributed by atoms with E-state index in [0.717, 1.165) is 24.0 Å². The molecule has 2 aromatic carbocycles. The summed E-state index contributed by atoms with van der Waals surface area (Å²) in [4.78, 5) is 16.9. The minimum Gasteiger partial charge on any atom is -0.455 e. The molecule has 1 aliphatic rings. The van der Waals surface area contributed by atoms with E-state index < -0.39 is 5.41 Å². The maximum Gasteiger partial charge on any atom is 0.317 e. The Balaban J connectivity index is 1.41. The summed E-state index contributed by atoms with van der Waals surface area (Å²) in [5.41, 5.74) is 2.64. The zero-order valence-electron chi connectivity index (χ0n) is 15.5. The number of ether oxygens (including phenoxy) is 1. The summed E-state index contributed by atoms with van der Waals surface area (Å²) in [6, 6.07) is 17.8. The van der Waals surface area contributed by atoms with Gasteiger partial charge in [0.05, 0.1) is 5.41 Å². The molecule has 5 heteroatoms. The van der Waals surface area contributed by atoms with Crippen LogP contribution in [0, 0.1) is 0 Å². The van der Waals surface area contributed by atoms with Crippen LogP contribution >= 0.6 is 0 Å². The number of rotatable bonds is 6. The van der Waals surface area contributed by atoms with Gasteiger partial charge in [-0.05, 0) is 29.9 Å². The van der Waals surface area contributed by atoms with E-state index >= 15 is 0 Å². The monoisotopic (exact) mass is 362 g/mol. The van der Waals surface area contributed by atoms with Gasteiger partial charge in [0.1, 0.15) is 0 Å². The third-order valence-corrected chi connectivity index (χ3v) is 5.10. The standard InChI is InChI=1S/C22H22N2O3/c1-15(2)16-8-10-17(11-9-16)20-23-19(27-24-20)14-26-21(25)22(12-13-22)18-6-4-3-5-7-18/h3-11,15H,12-14H2,1-2H3. The maximum atomic E-state index is 12.6. The minimum absolute atomic E-state index is 0.00943. The lowest BCUT2D eigenvalue weighted by atomic mass is 9.96. The lowest BCUT2D eigenvalue weighted by Gasteiger charge is -2.13. The molecule has 1 fully saturated rings. The number of nitrogens with zero attached hydrogens (tertiary/aromatic N) is 2. The number of hydrogen-bond donors (Lipinski definition) is 0. The van der Waals surface area contributed by atoms with Gasteiger partial charge in [-0.15, -0.1) is 0 Å². The molecule has 3 aromatic rings. The van der Waals surface area contributed by atoms with E-state index in [0.29, 0.717) is 17.6 Å². The highest BCUT2D eigenvalue weighted by molar-refractivity contribution is 5.86. The van der Waals surface area contributed by atoms with E-state index in [1.54, 1.807) is 0 Å². The fourth-order valence-corrected chi connectivity index (χ4v) is 3.21. The van der Waals surface area contributed by atoms with Gasteiger partial charge in [0.2, 0.25) is 5.82 Å². The molecule has 4 rings (SSSR count). The molecule has 27 heavy (non-hydrogen) atoms. The van der Waals surface area contributed by atoms with Crippen LogP contribution in [0.1, 0.15) is 49.6 Å². The Hall–Kier alpha value is -2.95. The molecule has 0 saturated heterocycles. The van der Waals surface area contributed by atoms with Gasteiger partial charge in [0.15, 0.2) is 6.61 Å². The van der Waals surface area contributed by atoms with Crippen molar-refractivity contribution in [1.29, 1.82) is 0 Å². The van der Waals surface area contributed by atoms with Gasteiger partial charge in [-0.1, -0.05) is 73.6 Å². The highest BCUT2D eigenvalue weighted by Gasteiger charge is 2.52. The van der Waals surface area contributed by atoms with E-state index in [-0.39, 0.29) is 12.6 Å². The van der Waals surface area contributed by atoms with Gasteiger partial charge in [0, 0.05) is 5.56 Å². The van der Waals surface area contributed by atoms with Crippen LogP contribution in [-0.2, 0) is 21.6 Å². The molecule has 1 aliphatic carbocycles. The van der Waals surface area contributed by atoms with Crippen LogP contribution in [0.3, 0.4) is 0 Å². The van der Waals surface area contributed by atoms with Crippen molar-refractivity contribution in [1.82, 2.24) is 10.1 Å². The number of aromatic nitrogens is 2. The smallest absolute Gasteiger partial charge is 0.317 e. The average molecular weight is 362 g/mol. The van der Waals surface area contributed by atoms with Crippen LogP contribution < -0.4 is 0 Å². The topological polar surface area (TPSA) is 65.2 Å². The van der Waals surface area contributed by atoms with E-state index in [4.69, 9.17) is 9.26 Å². The molecular weight excluding hydrogens is 340 g/mol. The van der Waals surface area contributed by atoms with Gasteiger partial charge in [-0.25, -0.2) is 0 Å². The van der Waals surface area contributed by atoms with Crippen LogP contribution in [0.4, 0.5) is 0 Å². The summed E-state index contributed by atoms with van der Waals surface area (Å²) in [5, 5.41) is 4.00. The first-order valence-electron chi connectivity index (χ1n) is 9.24. The number of hydrogen-bond acceptors (Lipinski definition) is 5. The Morgan fingerprint density at radius 1 is 1.11 bits per heavy atom. The van der Waals surface area contributed by atoms with Crippen molar-refractivity contribution in [3.63, 3.8) is 0 Å². The van der Waals surface area contributed by atoms with Gasteiger partial charge >= 0.3 is 5.97 Å². The largest absolute Gasteiger partial charge is 0.455 e. The summed E-state index contributed by atoms with van der Waals surface area (Å²) >= 11 is 0. The average Bonchev–Trinajstić information content (AvgIpc) is 3.38. The second-order valence-electron chi connectivity index (χ2n) is 7.31. The molecular formula is C22H22N2O3. The first-order chi connectivity index (χ1) is 13.1. The second kappa shape index (κ2) is 6.99. The zero-order valence-corrected chi connectivity index (χ0v) is 15.5. The minimum atomic E-state index is -0.503. The van der Waals surface area contributed by atoms with Crippen molar-refractivity contribution >= 4 is 5.97 Å². The normalized spacial score (nSPS) is 14.9. The highest BCUT2D eigenvalue weighted by Crippen LogP contribution is 2.49. The molecule has 0 radical (unpaired) electrons. The van der Waals surface area contributed by atoms with Crippen LogP contribution in [0.5, 0.6) is 0 Å². The molecule has 5 nitrogen and oxygen atoms in total. The van der Waals surface area contributed by atoms with Crippen molar-refractivity contribution in [3.05, 3.63) is 71.6 Å². The van der Waals surface area contributed by atoms with Crippen molar-refractivity contribution in [2.75, 3.05) is 0 Å². The molecule has 0 unspecified atom stereocenters. The number of esters is 1. The number of benzene rings is 2. The Kier molecular flexibility index (Phi) is 4.52. The lowest BCUT2D eigenvalue weighted by molar-refractivity contribution is -0.148. The molecule has 0 bridgehead atoms. The SMILES string of the molecule is CC(C)c1ccc(-c2noc(COC(=O)C3(c4ccccc4)CC3)n2)cc1. The number of carbonyl (C=O) groups excluding carboxylic acids is 1. The van der Waals surface area contributed by atoms with Crippen LogP contribution in [0.15, 0.2) is 59.1 Å².